The molecular formula is C16H31N3O2. The Hall–Kier alpha value is -0.650. The molecule has 2 saturated heterocycles. The summed E-state index contributed by atoms with van der Waals surface area (Å²) in [7, 11) is 0. The number of amides is 1. The number of hydrogen-bond donors (Lipinski definition) is 1. The Balaban J connectivity index is 1.89. The van der Waals surface area contributed by atoms with Crippen LogP contribution in [0.25, 0.3) is 0 Å². The summed E-state index contributed by atoms with van der Waals surface area (Å²) in [6, 6.07) is 0.568. The van der Waals surface area contributed by atoms with E-state index in [0.717, 1.165) is 65.0 Å². The van der Waals surface area contributed by atoms with Crippen molar-refractivity contribution in [1.29, 1.82) is 0 Å². The van der Waals surface area contributed by atoms with Crippen LogP contribution < -0.4 is 5.73 Å². The van der Waals surface area contributed by atoms with Crippen LogP contribution in [-0.2, 0) is 9.53 Å². The normalized spacial score (nSPS) is 29.4. The molecule has 2 rings (SSSR count). The Morgan fingerprint density at radius 1 is 1.33 bits per heavy atom. The maximum absolute atomic E-state index is 12.6. The van der Waals surface area contributed by atoms with E-state index in [0.29, 0.717) is 11.9 Å². The summed E-state index contributed by atoms with van der Waals surface area (Å²) in [5.74, 6) is 0.372. The second kappa shape index (κ2) is 8.11. The predicted octanol–water partition coefficient (Wildman–Crippen LogP) is 1.07. The first kappa shape index (κ1) is 16.7. The second-order valence-electron chi connectivity index (χ2n) is 6.33. The molecule has 0 aromatic carbocycles. The van der Waals surface area contributed by atoms with Crippen molar-refractivity contribution in [3.8, 4) is 0 Å². The standard InChI is InChI=1S/C16H31N3O2/c1-3-14(5-7-17)18-8-4-9-19(11-10-18)16(20)15-6-12-21-13(15)2/h13-15H,3-12,17H2,1-2H3. The highest BCUT2D eigenvalue weighted by atomic mass is 16.5. The predicted molar refractivity (Wildman–Crippen MR) is 84.0 cm³/mol. The van der Waals surface area contributed by atoms with E-state index in [1.807, 2.05) is 6.92 Å². The molecule has 5 nitrogen and oxygen atoms in total. The lowest BCUT2D eigenvalue weighted by Crippen LogP contribution is -2.42. The molecule has 21 heavy (non-hydrogen) atoms. The van der Waals surface area contributed by atoms with Crippen LogP contribution in [0.5, 0.6) is 0 Å². The summed E-state index contributed by atoms with van der Waals surface area (Å²) in [6.45, 7) is 9.52. The number of carbonyl (C=O) groups excluding carboxylic acids is 1. The third-order valence-corrected chi connectivity index (χ3v) is 5.02. The van der Waals surface area contributed by atoms with Crippen molar-refractivity contribution in [2.75, 3.05) is 39.3 Å². The van der Waals surface area contributed by atoms with Gasteiger partial charge in [0.1, 0.15) is 0 Å². The molecule has 3 unspecified atom stereocenters. The highest BCUT2D eigenvalue weighted by molar-refractivity contribution is 5.79. The largest absolute Gasteiger partial charge is 0.378 e. The molecule has 2 aliphatic heterocycles. The van der Waals surface area contributed by atoms with Gasteiger partial charge in [-0.05, 0) is 39.2 Å². The number of nitrogens with two attached hydrogens (primary N) is 1. The number of ether oxygens (including phenoxy) is 1. The van der Waals surface area contributed by atoms with Gasteiger partial charge in [0.15, 0.2) is 0 Å². The molecule has 2 heterocycles. The third kappa shape index (κ3) is 4.18. The van der Waals surface area contributed by atoms with Gasteiger partial charge in [0, 0.05) is 38.8 Å². The van der Waals surface area contributed by atoms with Gasteiger partial charge in [-0.3, -0.25) is 9.69 Å². The van der Waals surface area contributed by atoms with Crippen LogP contribution in [0.4, 0.5) is 0 Å². The zero-order valence-electron chi connectivity index (χ0n) is 13.6. The van der Waals surface area contributed by atoms with Crippen molar-refractivity contribution in [3.05, 3.63) is 0 Å². The summed E-state index contributed by atoms with van der Waals surface area (Å²) < 4.78 is 5.55. The Labute approximate surface area is 128 Å². The zero-order chi connectivity index (χ0) is 15.2. The Morgan fingerprint density at radius 3 is 2.76 bits per heavy atom. The lowest BCUT2D eigenvalue weighted by molar-refractivity contribution is -0.136. The summed E-state index contributed by atoms with van der Waals surface area (Å²) in [6.07, 6.45) is 4.22. The van der Waals surface area contributed by atoms with Crippen molar-refractivity contribution in [2.45, 2.75) is 51.7 Å². The molecule has 0 saturated carbocycles. The quantitative estimate of drug-likeness (QED) is 0.825. The zero-order valence-corrected chi connectivity index (χ0v) is 13.6. The van der Waals surface area contributed by atoms with E-state index >= 15 is 0 Å². The lowest BCUT2D eigenvalue weighted by Gasteiger charge is -2.30. The molecule has 122 valence electrons. The molecule has 0 aromatic rings. The van der Waals surface area contributed by atoms with Gasteiger partial charge in [-0.1, -0.05) is 6.92 Å². The highest BCUT2D eigenvalue weighted by Crippen LogP contribution is 2.23. The monoisotopic (exact) mass is 297 g/mol. The average molecular weight is 297 g/mol. The van der Waals surface area contributed by atoms with Crippen LogP contribution in [0.2, 0.25) is 0 Å². The Morgan fingerprint density at radius 2 is 2.14 bits per heavy atom. The fraction of sp³-hybridized carbons (Fsp3) is 0.938. The van der Waals surface area contributed by atoms with Crippen molar-refractivity contribution in [3.63, 3.8) is 0 Å². The van der Waals surface area contributed by atoms with E-state index in [4.69, 9.17) is 10.5 Å². The maximum atomic E-state index is 12.6. The molecule has 0 aliphatic carbocycles. The fourth-order valence-electron chi connectivity index (χ4n) is 3.65. The Kier molecular flexibility index (Phi) is 6.45. The fourth-order valence-corrected chi connectivity index (χ4v) is 3.65. The number of nitrogens with zero attached hydrogens (tertiary/aromatic N) is 2. The summed E-state index contributed by atoms with van der Waals surface area (Å²) in [5, 5.41) is 0. The van der Waals surface area contributed by atoms with Crippen LogP contribution in [0.15, 0.2) is 0 Å². The van der Waals surface area contributed by atoms with E-state index in [1.165, 1.54) is 0 Å². The van der Waals surface area contributed by atoms with Gasteiger partial charge in [-0.2, -0.15) is 0 Å². The molecular weight excluding hydrogens is 266 g/mol. The molecule has 1 amide bonds. The molecule has 0 radical (unpaired) electrons. The topological polar surface area (TPSA) is 58.8 Å². The van der Waals surface area contributed by atoms with Gasteiger partial charge in [0.05, 0.1) is 12.0 Å². The second-order valence-corrected chi connectivity index (χ2v) is 6.33. The molecule has 3 atom stereocenters. The smallest absolute Gasteiger partial charge is 0.228 e. The first-order valence-electron chi connectivity index (χ1n) is 8.51. The first-order chi connectivity index (χ1) is 10.2. The van der Waals surface area contributed by atoms with E-state index in [9.17, 15) is 4.79 Å². The van der Waals surface area contributed by atoms with Crippen molar-refractivity contribution >= 4 is 5.91 Å². The minimum absolute atomic E-state index is 0.0718. The molecule has 0 spiro atoms. The molecule has 0 bridgehead atoms. The van der Waals surface area contributed by atoms with Crippen molar-refractivity contribution < 1.29 is 9.53 Å². The van der Waals surface area contributed by atoms with Crippen LogP contribution in [-0.4, -0.2) is 67.2 Å². The Bertz CT molecular complexity index is 337. The average Bonchev–Trinajstić information content (AvgIpc) is 2.76. The van der Waals surface area contributed by atoms with Crippen molar-refractivity contribution in [2.24, 2.45) is 11.7 Å². The SMILES string of the molecule is CCC(CCN)N1CCCN(C(=O)C2CCOC2C)CC1. The summed E-state index contributed by atoms with van der Waals surface area (Å²) in [5.41, 5.74) is 5.72. The first-order valence-corrected chi connectivity index (χ1v) is 8.51. The van der Waals surface area contributed by atoms with E-state index in [-0.39, 0.29) is 12.0 Å². The highest BCUT2D eigenvalue weighted by Gasteiger charge is 2.34. The molecule has 5 heteroatoms. The molecule has 2 fully saturated rings. The van der Waals surface area contributed by atoms with Gasteiger partial charge >= 0.3 is 0 Å². The summed E-state index contributed by atoms with van der Waals surface area (Å²) >= 11 is 0. The van der Waals surface area contributed by atoms with Crippen LogP contribution in [0.3, 0.4) is 0 Å². The number of rotatable bonds is 5. The molecule has 2 N–H and O–H groups in total. The van der Waals surface area contributed by atoms with E-state index in [2.05, 4.69) is 16.7 Å². The summed E-state index contributed by atoms with van der Waals surface area (Å²) in [4.78, 5) is 17.2. The third-order valence-electron chi connectivity index (χ3n) is 5.02. The maximum Gasteiger partial charge on any atom is 0.228 e. The molecule has 2 aliphatic rings. The minimum Gasteiger partial charge on any atom is -0.378 e. The van der Waals surface area contributed by atoms with E-state index in [1.54, 1.807) is 0 Å². The number of hydrogen-bond acceptors (Lipinski definition) is 4. The van der Waals surface area contributed by atoms with Gasteiger partial charge in [0.2, 0.25) is 5.91 Å². The number of carbonyl (C=O) groups is 1. The van der Waals surface area contributed by atoms with Gasteiger partial charge in [-0.15, -0.1) is 0 Å². The van der Waals surface area contributed by atoms with Crippen LogP contribution in [0, 0.1) is 5.92 Å². The van der Waals surface area contributed by atoms with Crippen molar-refractivity contribution in [1.82, 2.24) is 9.80 Å². The van der Waals surface area contributed by atoms with Crippen LogP contribution in [0.1, 0.15) is 39.5 Å². The van der Waals surface area contributed by atoms with E-state index < -0.39 is 0 Å². The van der Waals surface area contributed by atoms with Gasteiger partial charge in [0.25, 0.3) is 0 Å². The lowest BCUT2D eigenvalue weighted by atomic mass is 10.0. The van der Waals surface area contributed by atoms with Crippen LogP contribution >= 0.6 is 0 Å². The van der Waals surface area contributed by atoms with Gasteiger partial charge < -0.3 is 15.4 Å². The molecule has 0 aromatic heterocycles. The van der Waals surface area contributed by atoms with Gasteiger partial charge in [-0.25, -0.2) is 0 Å². The minimum atomic E-state index is 0.0718.